The highest BCUT2D eigenvalue weighted by Gasteiger charge is 2.13. The Bertz CT molecular complexity index is 1200. The Balaban J connectivity index is 1.84. The molecule has 0 unspecified atom stereocenters. The van der Waals surface area contributed by atoms with Gasteiger partial charge in [0.1, 0.15) is 11.5 Å². The van der Waals surface area contributed by atoms with Gasteiger partial charge in [-0.2, -0.15) is 5.26 Å². The Morgan fingerprint density at radius 3 is 2.53 bits per heavy atom. The van der Waals surface area contributed by atoms with Gasteiger partial charge in [-0.25, -0.2) is 0 Å². The van der Waals surface area contributed by atoms with Gasteiger partial charge in [0.05, 0.1) is 23.2 Å². The number of nitrogens with zero attached hydrogens (tertiary/aromatic N) is 1. The molecule has 1 N–H and O–H groups in total. The van der Waals surface area contributed by atoms with Crippen LogP contribution in [-0.4, -0.2) is 19.6 Å². The summed E-state index contributed by atoms with van der Waals surface area (Å²) in [5, 5.41) is 12.5. The van der Waals surface area contributed by atoms with Crippen molar-refractivity contribution in [2.24, 2.45) is 0 Å². The van der Waals surface area contributed by atoms with E-state index in [1.54, 1.807) is 25.3 Å². The van der Waals surface area contributed by atoms with Crippen molar-refractivity contribution in [1.82, 2.24) is 0 Å². The van der Waals surface area contributed by atoms with Gasteiger partial charge < -0.3 is 14.8 Å². The molecule has 0 atom stereocenters. The molecule has 0 bridgehead atoms. The van der Waals surface area contributed by atoms with Crippen LogP contribution in [0.3, 0.4) is 0 Å². The number of carbonyl (C=O) groups excluding carboxylic acids is 1. The molecular weight excluding hydrogens is 536 g/mol. The Morgan fingerprint density at radius 1 is 1.12 bits per heavy atom. The van der Waals surface area contributed by atoms with Gasteiger partial charge in [0.25, 0.3) is 5.91 Å². The molecule has 1 amide bonds. The third kappa shape index (κ3) is 6.22. The number of hydrogen-bond acceptors (Lipinski definition) is 4. The van der Waals surface area contributed by atoms with Gasteiger partial charge in [0.15, 0.2) is 6.61 Å². The lowest BCUT2D eigenvalue weighted by Crippen LogP contribution is -2.20. The van der Waals surface area contributed by atoms with Crippen LogP contribution < -0.4 is 14.8 Å². The summed E-state index contributed by atoms with van der Waals surface area (Å²) in [5.74, 6) is 0.893. The van der Waals surface area contributed by atoms with Crippen molar-refractivity contribution in [2.45, 2.75) is 6.92 Å². The fourth-order valence-electron chi connectivity index (χ4n) is 3.00. The number of benzene rings is 3. The number of allylic oxidation sites excluding steroid dienone is 1. The Hall–Kier alpha value is -3.08. The van der Waals surface area contributed by atoms with Crippen molar-refractivity contribution in [3.8, 4) is 17.6 Å². The number of aryl methyl sites for hydroxylation is 1. The van der Waals surface area contributed by atoms with Crippen LogP contribution in [-0.2, 0) is 4.79 Å². The molecule has 0 fully saturated rings. The standard InChI is InChI=1S/C25H20Br2N2O3/c1-16-4-3-5-21(10-16)29-24(30)15-32-25-18(12-20(26)13-23(25)27)11-19(14-28)17-6-8-22(31-2)9-7-17/h3-13H,15H2,1-2H3,(H,29,30)/b19-11+. The summed E-state index contributed by atoms with van der Waals surface area (Å²) in [4.78, 5) is 12.4. The first-order valence-electron chi connectivity index (χ1n) is 9.64. The lowest BCUT2D eigenvalue weighted by atomic mass is 10.0. The SMILES string of the molecule is COc1ccc(/C(C#N)=C/c2cc(Br)cc(Br)c2OCC(=O)Nc2cccc(C)c2)cc1. The molecule has 3 rings (SSSR count). The zero-order valence-corrected chi connectivity index (χ0v) is 20.7. The third-order valence-corrected chi connectivity index (χ3v) is 5.55. The summed E-state index contributed by atoms with van der Waals surface area (Å²) < 4.78 is 12.5. The van der Waals surface area contributed by atoms with E-state index >= 15 is 0 Å². The van der Waals surface area contributed by atoms with E-state index in [-0.39, 0.29) is 12.5 Å². The minimum atomic E-state index is -0.281. The molecule has 0 aromatic heterocycles. The average molecular weight is 556 g/mol. The molecular formula is C25H20Br2N2O3. The maximum Gasteiger partial charge on any atom is 0.262 e. The first kappa shape index (κ1) is 23.6. The zero-order valence-electron chi connectivity index (χ0n) is 17.5. The van der Waals surface area contributed by atoms with E-state index in [0.717, 1.165) is 15.6 Å². The van der Waals surface area contributed by atoms with Crippen LogP contribution in [0.25, 0.3) is 11.6 Å². The summed E-state index contributed by atoms with van der Waals surface area (Å²) >= 11 is 6.97. The van der Waals surface area contributed by atoms with Crippen molar-refractivity contribution in [1.29, 1.82) is 5.26 Å². The van der Waals surface area contributed by atoms with Gasteiger partial charge in [0.2, 0.25) is 0 Å². The summed E-state index contributed by atoms with van der Waals surface area (Å²) in [5.41, 5.74) is 3.61. The van der Waals surface area contributed by atoms with E-state index in [9.17, 15) is 10.1 Å². The van der Waals surface area contributed by atoms with Crippen molar-refractivity contribution >= 4 is 55.1 Å². The second-order valence-corrected chi connectivity index (χ2v) is 8.68. The molecule has 0 aliphatic carbocycles. The van der Waals surface area contributed by atoms with Crippen molar-refractivity contribution in [2.75, 3.05) is 19.0 Å². The number of ether oxygens (including phenoxy) is 2. The zero-order chi connectivity index (χ0) is 23.1. The Kier molecular flexibility index (Phi) is 8.09. The van der Waals surface area contributed by atoms with Crippen LogP contribution in [0.5, 0.6) is 11.5 Å². The molecule has 162 valence electrons. The van der Waals surface area contributed by atoms with Crippen LogP contribution in [0.4, 0.5) is 5.69 Å². The highest BCUT2D eigenvalue weighted by atomic mass is 79.9. The predicted octanol–water partition coefficient (Wildman–Crippen LogP) is 6.61. The van der Waals surface area contributed by atoms with Crippen molar-refractivity contribution < 1.29 is 14.3 Å². The van der Waals surface area contributed by atoms with Crippen LogP contribution >= 0.6 is 31.9 Å². The summed E-state index contributed by atoms with van der Waals surface area (Å²) in [7, 11) is 1.59. The second-order valence-electron chi connectivity index (χ2n) is 6.91. The Labute approximate surface area is 203 Å². The molecule has 0 saturated carbocycles. The van der Waals surface area contributed by atoms with Crippen LogP contribution in [0, 0.1) is 18.3 Å². The van der Waals surface area contributed by atoms with Crippen molar-refractivity contribution in [3.05, 3.63) is 86.3 Å². The Morgan fingerprint density at radius 2 is 1.88 bits per heavy atom. The van der Waals surface area contributed by atoms with Gasteiger partial charge in [-0.05, 0) is 88.6 Å². The molecule has 32 heavy (non-hydrogen) atoms. The number of nitrogens with one attached hydrogen (secondary N) is 1. The van der Waals surface area contributed by atoms with E-state index in [1.807, 2.05) is 55.5 Å². The molecule has 0 heterocycles. The summed E-state index contributed by atoms with van der Waals surface area (Å²) in [6, 6.07) is 20.7. The summed E-state index contributed by atoms with van der Waals surface area (Å²) in [6.45, 7) is 1.78. The molecule has 0 saturated heterocycles. The summed E-state index contributed by atoms with van der Waals surface area (Å²) in [6.07, 6.45) is 1.73. The molecule has 0 aliphatic rings. The highest BCUT2D eigenvalue weighted by molar-refractivity contribution is 9.11. The first-order chi connectivity index (χ1) is 15.4. The monoisotopic (exact) mass is 554 g/mol. The smallest absolute Gasteiger partial charge is 0.262 e. The van der Waals surface area contributed by atoms with Gasteiger partial charge in [-0.1, -0.05) is 28.1 Å². The number of carbonyl (C=O) groups is 1. The van der Waals surface area contributed by atoms with E-state index in [1.165, 1.54) is 0 Å². The molecule has 0 spiro atoms. The fourth-order valence-corrected chi connectivity index (χ4v) is 4.38. The quantitative estimate of drug-likeness (QED) is 0.263. The maximum absolute atomic E-state index is 12.4. The minimum absolute atomic E-state index is 0.181. The number of halogens is 2. The van der Waals surface area contributed by atoms with E-state index < -0.39 is 0 Å². The molecule has 5 nitrogen and oxygen atoms in total. The van der Waals surface area contributed by atoms with Gasteiger partial charge in [-0.3, -0.25) is 4.79 Å². The molecule has 0 radical (unpaired) electrons. The van der Waals surface area contributed by atoms with Gasteiger partial charge in [0, 0.05) is 15.7 Å². The number of amides is 1. The molecule has 7 heteroatoms. The van der Waals surface area contributed by atoms with Gasteiger partial charge in [-0.15, -0.1) is 0 Å². The number of rotatable bonds is 7. The largest absolute Gasteiger partial charge is 0.497 e. The van der Waals surface area contributed by atoms with E-state index in [4.69, 9.17) is 9.47 Å². The second kappa shape index (κ2) is 11.0. The van der Waals surface area contributed by atoms with Crippen LogP contribution in [0.1, 0.15) is 16.7 Å². The van der Waals surface area contributed by atoms with E-state index in [0.29, 0.717) is 32.8 Å². The van der Waals surface area contributed by atoms with Crippen LogP contribution in [0.2, 0.25) is 0 Å². The predicted molar refractivity (Wildman–Crippen MR) is 134 cm³/mol. The first-order valence-corrected chi connectivity index (χ1v) is 11.2. The van der Waals surface area contributed by atoms with Gasteiger partial charge >= 0.3 is 0 Å². The lowest BCUT2D eigenvalue weighted by Gasteiger charge is -2.13. The average Bonchev–Trinajstić information content (AvgIpc) is 2.76. The number of nitriles is 1. The normalized spacial score (nSPS) is 10.9. The fraction of sp³-hybridized carbons (Fsp3) is 0.120. The number of anilines is 1. The molecule has 3 aromatic carbocycles. The number of methoxy groups -OCH3 is 1. The van der Waals surface area contributed by atoms with Crippen LogP contribution in [0.15, 0.2) is 69.6 Å². The molecule has 0 aliphatic heterocycles. The minimum Gasteiger partial charge on any atom is -0.497 e. The van der Waals surface area contributed by atoms with E-state index in [2.05, 4.69) is 43.2 Å². The number of hydrogen-bond donors (Lipinski definition) is 1. The topological polar surface area (TPSA) is 71.3 Å². The third-order valence-electron chi connectivity index (χ3n) is 4.51. The lowest BCUT2D eigenvalue weighted by molar-refractivity contribution is -0.118. The highest BCUT2D eigenvalue weighted by Crippen LogP contribution is 2.35. The van der Waals surface area contributed by atoms with Crippen molar-refractivity contribution in [3.63, 3.8) is 0 Å². The maximum atomic E-state index is 12.4. The molecule has 3 aromatic rings.